The third kappa shape index (κ3) is 2.20. The number of hydrogen-bond donors (Lipinski definition) is 0. The number of hydrogen-bond acceptors (Lipinski definition) is 2. The van der Waals surface area contributed by atoms with Crippen molar-refractivity contribution >= 4 is 11.3 Å². The van der Waals surface area contributed by atoms with Gasteiger partial charge < -0.3 is 0 Å². The van der Waals surface area contributed by atoms with Crippen LogP contribution in [-0.4, -0.2) is 4.98 Å². The Morgan fingerprint density at radius 1 is 1.14 bits per heavy atom. The molecule has 0 aliphatic rings. The van der Waals surface area contributed by atoms with Crippen LogP contribution in [0.5, 0.6) is 0 Å². The van der Waals surface area contributed by atoms with Crippen molar-refractivity contribution < 1.29 is 0 Å². The molecule has 0 aliphatic carbocycles. The van der Waals surface area contributed by atoms with E-state index in [1.165, 1.54) is 16.0 Å². The first-order chi connectivity index (χ1) is 6.74. The van der Waals surface area contributed by atoms with Crippen molar-refractivity contribution in [1.82, 2.24) is 4.98 Å². The second kappa shape index (κ2) is 3.93. The van der Waals surface area contributed by atoms with Gasteiger partial charge in [0.05, 0.1) is 5.01 Å². The minimum absolute atomic E-state index is 1.01. The Hall–Kier alpha value is -1.15. The lowest BCUT2D eigenvalue weighted by Crippen LogP contribution is -1.84. The molecule has 0 aliphatic heterocycles. The summed E-state index contributed by atoms with van der Waals surface area (Å²) in [5, 5.41) is 1.15. The van der Waals surface area contributed by atoms with Crippen molar-refractivity contribution in [2.45, 2.75) is 20.3 Å². The zero-order valence-corrected chi connectivity index (χ0v) is 9.27. The topological polar surface area (TPSA) is 12.9 Å². The Labute approximate surface area is 88.4 Å². The van der Waals surface area contributed by atoms with E-state index in [1.54, 1.807) is 11.3 Å². The molecule has 2 rings (SSSR count). The van der Waals surface area contributed by atoms with E-state index in [2.05, 4.69) is 36.2 Å². The second-order valence-corrected chi connectivity index (χ2v) is 4.83. The highest BCUT2D eigenvalue weighted by Gasteiger charge is 1.99. The smallest absolute Gasteiger partial charge is 0.0896 e. The van der Waals surface area contributed by atoms with Crippen LogP contribution in [0, 0.1) is 13.8 Å². The van der Waals surface area contributed by atoms with Crippen molar-refractivity contribution in [2.75, 3.05) is 0 Å². The molecule has 0 N–H and O–H groups in total. The Kier molecular flexibility index (Phi) is 2.64. The van der Waals surface area contributed by atoms with Gasteiger partial charge in [0.15, 0.2) is 0 Å². The molecule has 1 heterocycles. The maximum absolute atomic E-state index is 4.25. The van der Waals surface area contributed by atoms with Crippen LogP contribution in [0.2, 0.25) is 0 Å². The number of benzene rings is 1. The maximum atomic E-state index is 4.25. The minimum Gasteiger partial charge on any atom is -0.250 e. The molecule has 0 unspecified atom stereocenters. The van der Waals surface area contributed by atoms with Gasteiger partial charge in [-0.25, -0.2) is 4.98 Å². The fourth-order valence-corrected chi connectivity index (χ4v) is 2.22. The Morgan fingerprint density at radius 2 is 1.86 bits per heavy atom. The highest BCUT2D eigenvalue weighted by Crippen LogP contribution is 2.16. The average Bonchev–Trinajstić information content (AvgIpc) is 2.56. The van der Waals surface area contributed by atoms with Gasteiger partial charge in [0.2, 0.25) is 0 Å². The summed E-state index contributed by atoms with van der Waals surface area (Å²) in [5.41, 5.74) is 2.67. The minimum atomic E-state index is 1.01. The van der Waals surface area contributed by atoms with Crippen LogP contribution in [0.25, 0.3) is 0 Å². The normalized spacial score (nSPS) is 10.4. The predicted molar refractivity (Wildman–Crippen MR) is 60.8 cm³/mol. The van der Waals surface area contributed by atoms with Gasteiger partial charge in [0, 0.05) is 17.5 Å². The molecule has 0 spiro atoms. The summed E-state index contributed by atoms with van der Waals surface area (Å²) in [6, 6.07) is 8.68. The number of thiazole rings is 1. The van der Waals surface area contributed by atoms with Crippen LogP contribution in [0.4, 0.5) is 0 Å². The summed E-state index contributed by atoms with van der Waals surface area (Å²) >= 11 is 1.78. The molecule has 1 nitrogen and oxygen atoms in total. The van der Waals surface area contributed by atoms with Gasteiger partial charge in [0.1, 0.15) is 0 Å². The monoisotopic (exact) mass is 203 g/mol. The van der Waals surface area contributed by atoms with Gasteiger partial charge in [0.25, 0.3) is 0 Å². The molecule has 2 heteroatoms. The number of nitrogens with zero attached hydrogens (tertiary/aromatic N) is 1. The van der Waals surface area contributed by atoms with Gasteiger partial charge >= 0.3 is 0 Å². The van der Waals surface area contributed by atoms with Crippen LogP contribution >= 0.6 is 11.3 Å². The van der Waals surface area contributed by atoms with Crippen molar-refractivity contribution in [1.29, 1.82) is 0 Å². The van der Waals surface area contributed by atoms with Crippen molar-refractivity contribution in [2.24, 2.45) is 0 Å². The Bertz CT molecular complexity index is 414. The molecule has 0 saturated carbocycles. The SMILES string of the molecule is Cc1ccc(Cc2cnc(C)s2)cc1. The summed E-state index contributed by atoms with van der Waals surface area (Å²) in [7, 11) is 0. The molecule has 72 valence electrons. The molecule has 2 aromatic rings. The standard InChI is InChI=1S/C12H13NS/c1-9-3-5-11(6-4-9)7-12-8-13-10(2)14-12/h3-6,8H,7H2,1-2H3. The van der Waals surface area contributed by atoms with Crippen LogP contribution in [-0.2, 0) is 6.42 Å². The summed E-state index contributed by atoms with van der Waals surface area (Å²) < 4.78 is 0. The largest absolute Gasteiger partial charge is 0.250 e. The van der Waals surface area contributed by atoms with Gasteiger partial charge in [-0.3, -0.25) is 0 Å². The predicted octanol–water partition coefficient (Wildman–Crippen LogP) is 3.35. The van der Waals surface area contributed by atoms with E-state index in [4.69, 9.17) is 0 Å². The van der Waals surface area contributed by atoms with E-state index >= 15 is 0 Å². The molecular formula is C12H13NS. The first kappa shape index (κ1) is 9.41. The van der Waals surface area contributed by atoms with Crippen molar-refractivity contribution in [3.63, 3.8) is 0 Å². The number of aromatic nitrogens is 1. The van der Waals surface area contributed by atoms with Crippen molar-refractivity contribution in [3.05, 3.63) is 51.5 Å². The lowest BCUT2D eigenvalue weighted by Gasteiger charge is -1.98. The zero-order valence-electron chi connectivity index (χ0n) is 8.45. The molecule has 0 amide bonds. The molecule has 0 fully saturated rings. The first-order valence-electron chi connectivity index (χ1n) is 4.71. The highest BCUT2D eigenvalue weighted by molar-refractivity contribution is 7.11. The Balaban J connectivity index is 2.15. The van der Waals surface area contributed by atoms with Crippen LogP contribution < -0.4 is 0 Å². The zero-order chi connectivity index (χ0) is 9.97. The van der Waals surface area contributed by atoms with E-state index < -0.39 is 0 Å². The lowest BCUT2D eigenvalue weighted by atomic mass is 10.1. The lowest BCUT2D eigenvalue weighted by molar-refractivity contribution is 1.20. The molecule has 0 saturated heterocycles. The third-order valence-electron chi connectivity index (χ3n) is 2.17. The first-order valence-corrected chi connectivity index (χ1v) is 5.52. The van der Waals surface area contributed by atoms with Gasteiger partial charge in [-0.2, -0.15) is 0 Å². The highest BCUT2D eigenvalue weighted by atomic mass is 32.1. The van der Waals surface area contributed by atoms with Gasteiger partial charge in [-0.05, 0) is 19.4 Å². The maximum Gasteiger partial charge on any atom is 0.0896 e. The molecular weight excluding hydrogens is 190 g/mol. The summed E-state index contributed by atoms with van der Waals surface area (Å²) in [5.74, 6) is 0. The average molecular weight is 203 g/mol. The van der Waals surface area contributed by atoms with E-state index in [-0.39, 0.29) is 0 Å². The third-order valence-corrected chi connectivity index (χ3v) is 3.08. The van der Waals surface area contributed by atoms with Crippen LogP contribution in [0.15, 0.2) is 30.5 Å². The molecule has 14 heavy (non-hydrogen) atoms. The molecule has 1 aromatic carbocycles. The summed E-state index contributed by atoms with van der Waals surface area (Å²) in [4.78, 5) is 5.59. The van der Waals surface area contributed by atoms with Crippen LogP contribution in [0.1, 0.15) is 21.0 Å². The molecule has 0 radical (unpaired) electrons. The van der Waals surface area contributed by atoms with E-state index in [0.29, 0.717) is 0 Å². The molecule has 0 bridgehead atoms. The number of rotatable bonds is 2. The van der Waals surface area contributed by atoms with Crippen LogP contribution in [0.3, 0.4) is 0 Å². The Morgan fingerprint density at radius 3 is 2.43 bits per heavy atom. The van der Waals surface area contributed by atoms with Gasteiger partial charge in [-0.15, -0.1) is 11.3 Å². The van der Waals surface area contributed by atoms with E-state index in [1.807, 2.05) is 13.1 Å². The van der Waals surface area contributed by atoms with Gasteiger partial charge in [-0.1, -0.05) is 29.8 Å². The summed E-state index contributed by atoms with van der Waals surface area (Å²) in [6.07, 6.45) is 2.98. The fourth-order valence-electron chi connectivity index (χ4n) is 1.39. The quantitative estimate of drug-likeness (QED) is 0.729. The second-order valence-electron chi connectivity index (χ2n) is 3.51. The van der Waals surface area contributed by atoms with E-state index in [9.17, 15) is 0 Å². The fraction of sp³-hybridized carbons (Fsp3) is 0.250. The number of aryl methyl sites for hydroxylation is 2. The molecule has 1 aromatic heterocycles. The summed E-state index contributed by atoms with van der Waals surface area (Å²) in [6.45, 7) is 4.16. The van der Waals surface area contributed by atoms with E-state index in [0.717, 1.165) is 11.4 Å². The van der Waals surface area contributed by atoms with Crippen molar-refractivity contribution in [3.8, 4) is 0 Å². The molecule has 0 atom stereocenters.